The van der Waals surface area contributed by atoms with Gasteiger partial charge < -0.3 is 5.32 Å². The van der Waals surface area contributed by atoms with Gasteiger partial charge in [0.15, 0.2) is 0 Å². The molecule has 0 aliphatic carbocycles. The predicted octanol–water partition coefficient (Wildman–Crippen LogP) is 2.13. The minimum atomic E-state index is 0.147. The SMILES string of the molecule is CCNC(c1cncc(C)c1)c1cc(C)nn1C. The molecule has 2 aromatic heterocycles. The molecule has 1 atom stereocenters. The van der Waals surface area contributed by atoms with Crippen LogP contribution in [0.1, 0.15) is 35.5 Å². The molecule has 0 aromatic carbocycles. The van der Waals surface area contributed by atoms with E-state index in [1.54, 1.807) is 0 Å². The van der Waals surface area contributed by atoms with E-state index in [1.165, 1.54) is 16.8 Å². The Kier molecular flexibility index (Phi) is 3.77. The minimum absolute atomic E-state index is 0.147. The van der Waals surface area contributed by atoms with Gasteiger partial charge in [0, 0.05) is 19.4 Å². The predicted molar refractivity (Wildman–Crippen MR) is 72.4 cm³/mol. The maximum absolute atomic E-state index is 4.42. The topological polar surface area (TPSA) is 42.7 Å². The molecule has 2 rings (SSSR count). The molecular weight excluding hydrogens is 224 g/mol. The standard InChI is InChI=1S/C14H20N4/c1-5-16-14(12-6-10(2)8-15-9-12)13-7-11(3)17-18(13)4/h6-9,14,16H,5H2,1-4H3. The second kappa shape index (κ2) is 5.31. The summed E-state index contributed by atoms with van der Waals surface area (Å²) in [5.41, 5.74) is 4.56. The first-order valence-electron chi connectivity index (χ1n) is 6.27. The summed E-state index contributed by atoms with van der Waals surface area (Å²) in [5.74, 6) is 0. The highest BCUT2D eigenvalue weighted by Gasteiger charge is 2.17. The van der Waals surface area contributed by atoms with Gasteiger partial charge in [-0.15, -0.1) is 0 Å². The van der Waals surface area contributed by atoms with Gasteiger partial charge in [-0.2, -0.15) is 5.10 Å². The average molecular weight is 244 g/mol. The lowest BCUT2D eigenvalue weighted by atomic mass is 10.0. The van der Waals surface area contributed by atoms with Crippen molar-refractivity contribution in [2.45, 2.75) is 26.8 Å². The Bertz CT molecular complexity index is 530. The first-order chi connectivity index (χ1) is 8.61. The molecule has 0 fully saturated rings. The van der Waals surface area contributed by atoms with Crippen molar-refractivity contribution in [1.82, 2.24) is 20.1 Å². The van der Waals surface area contributed by atoms with E-state index in [0.29, 0.717) is 0 Å². The highest BCUT2D eigenvalue weighted by molar-refractivity contribution is 5.29. The number of hydrogen-bond acceptors (Lipinski definition) is 3. The normalized spacial score (nSPS) is 12.7. The lowest BCUT2D eigenvalue weighted by Crippen LogP contribution is -2.24. The zero-order valence-electron chi connectivity index (χ0n) is 11.4. The quantitative estimate of drug-likeness (QED) is 0.896. The summed E-state index contributed by atoms with van der Waals surface area (Å²) in [4.78, 5) is 4.28. The van der Waals surface area contributed by atoms with Gasteiger partial charge in [0.1, 0.15) is 0 Å². The van der Waals surface area contributed by atoms with Crippen LogP contribution in [0.2, 0.25) is 0 Å². The monoisotopic (exact) mass is 244 g/mol. The van der Waals surface area contributed by atoms with Crippen LogP contribution in [0.3, 0.4) is 0 Å². The van der Waals surface area contributed by atoms with Crippen molar-refractivity contribution in [3.8, 4) is 0 Å². The van der Waals surface area contributed by atoms with Gasteiger partial charge in [-0.3, -0.25) is 9.67 Å². The average Bonchev–Trinajstić information content (AvgIpc) is 2.65. The van der Waals surface area contributed by atoms with E-state index in [4.69, 9.17) is 0 Å². The first kappa shape index (κ1) is 12.8. The van der Waals surface area contributed by atoms with Crippen LogP contribution in [-0.4, -0.2) is 21.3 Å². The number of rotatable bonds is 4. The van der Waals surface area contributed by atoms with E-state index in [2.05, 4.69) is 41.4 Å². The van der Waals surface area contributed by atoms with Crippen LogP contribution in [0, 0.1) is 13.8 Å². The van der Waals surface area contributed by atoms with E-state index >= 15 is 0 Å². The number of nitrogens with one attached hydrogen (secondary N) is 1. The van der Waals surface area contributed by atoms with E-state index in [9.17, 15) is 0 Å². The largest absolute Gasteiger partial charge is 0.305 e. The first-order valence-corrected chi connectivity index (χ1v) is 6.27. The fourth-order valence-corrected chi connectivity index (χ4v) is 2.23. The Balaban J connectivity index is 2.42. The van der Waals surface area contributed by atoms with Crippen molar-refractivity contribution >= 4 is 0 Å². The van der Waals surface area contributed by atoms with Crippen molar-refractivity contribution in [2.75, 3.05) is 6.54 Å². The summed E-state index contributed by atoms with van der Waals surface area (Å²) in [6.45, 7) is 7.09. The highest BCUT2D eigenvalue weighted by Crippen LogP contribution is 2.22. The van der Waals surface area contributed by atoms with Crippen LogP contribution in [0.4, 0.5) is 0 Å². The van der Waals surface area contributed by atoms with Gasteiger partial charge in [0.2, 0.25) is 0 Å². The minimum Gasteiger partial charge on any atom is -0.305 e. The van der Waals surface area contributed by atoms with Crippen LogP contribution in [0.25, 0.3) is 0 Å². The van der Waals surface area contributed by atoms with E-state index in [-0.39, 0.29) is 6.04 Å². The third-order valence-corrected chi connectivity index (χ3v) is 2.97. The molecular formula is C14H20N4. The van der Waals surface area contributed by atoms with Crippen molar-refractivity contribution in [1.29, 1.82) is 0 Å². The molecule has 96 valence electrons. The smallest absolute Gasteiger partial charge is 0.0763 e. The van der Waals surface area contributed by atoms with Crippen LogP contribution < -0.4 is 5.32 Å². The third-order valence-electron chi connectivity index (χ3n) is 2.97. The number of aromatic nitrogens is 3. The van der Waals surface area contributed by atoms with Crippen LogP contribution in [-0.2, 0) is 7.05 Å². The van der Waals surface area contributed by atoms with Crippen LogP contribution in [0.15, 0.2) is 24.5 Å². The maximum atomic E-state index is 4.42. The van der Waals surface area contributed by atoms with Gasteiger partial charge in [0.25, 0.3) is 0 Å². The molecule has 1 N–H and O–H groups in total. The zero-order valence-corrected chi connectivity index (χ0v) is 11.4. The summed E-state index contributed by atoms with van der Waals surface area (Å²) in [5, 5.41) is 7.91. The van der Waals surface area contributed by atoms with E-state index < -0.39 is 0 Å². The molecule has 0 amide bonds. The Morgan fingerprint density at radius 3 is 2.61 bits per heavy atom. The highest BCUT2D eigenvalue weighted by atomic mass is 15.3. The van der Waals surface area contributed by atoms with Crippen molar-refractivity contribution < 1.29 is 0 Å². The third kappa shape index (κ3) is 2.59. The summed E-state index contributed by atoms with van der Waals surface area (Å²) in [6.07, 6.45) is 3.80. The number of aryl methyl sites for hydroxylation is 3. The molecule has 0 saturated heterocycles. The van der Waals surface area contributed by atoms with Crippen molar-refractivity contribution in [2.24, 2.45) is 7.05 Å². The fraction of sp³-hybridized carbons (Fsp3) is 0.429. The van der Waals surface area contributed by atoms with Gasteiger partial charge in [0.05, 0.1) is 17.4 Å². The molecule has 1 unspecified atom stereocenters. The molecule has 0 aliphatic rings. The number of nitrogens with zero attached hydrogens (tertiary/aromatic N) is 3. The van der Waals surface area contributed by atoms with Gasteiger partial charge >= 0.3 is 0 Å². The van der Waals surface area contributed by atoms with E-state index in [0.717, 1.165) is 12.2 Å². The van der Waals surface area contributed by atoms with Crippen LogP contribution in [0.5, 0.6) is 0 Å². The van der Waals surface area contributed by atoms with Gasteiger partial charge in [-0.1, -0.05) is 13.0 Å². The number of pyridine rings is 1. The molecule has 0 radical (unpaired) electrons. The zero-order chi connectivity index (χ0) is 13.1. The summed E-state index contributed by atoms with van der Waals surface area (Å²) >= 11 is 0. The summed E-state index contributed by atoms with van der Waals surface area (Å²) in [7, 11) is 1.98. The molecule has 0 spiro atoms. The lowest BCUT2D eigenvalue weighted by molar-refractivity contribution is 0.570. The second-order valence-electron chi connectivity index (χ2n) is 4.62. The fourth-order valence-electron chi connectivity index (χ4n) is 2.23. The van der Waals surface area contributed by atoms with Crippen molar-refractivity contribution in [3.05, 3.63) is 47.0 Å². The summed E-state index contributed by atoms with van der Waals surface area (Å²) in [6, 6.07) is 4.44. The van der Waals surface area contributed by atoms with E-state index in [1.807, 2.05) is 31.0 Å². The molecule has 0 saturated carbocycles. The van der Waals surface area contributed by atoms with Gasteiger partial charge in [-0.05, 0) is 37.6 Å². The number of hydrogen-bond donors (Lipinski definition) is 1. The van der Waals surface area contributed by atoms with Crippen LogP contribution >= 0.6 is 0 Å². The molecule has 0 aliphatic heterocycles. The Labute approximate surface area is 108 Å². The molecule has 18 heavy (non-hydrogen) atoms. The lowest BCUT2D eigenvalue weighted by Gasteiger charge is -2.18. The Morgan fingerprint density at radius 2 is 2.06 bits per heavy atom. The molecule has 2 aromatic rings. The molecule has 0 bridgehead atoms. The molecule has 2 heterocycles. The maximum Gasteiger partial charge on any atom is 0.0763 e. The Hall–Kier alpha value is -1.68. The molecule has 4 heteroatoms. The molecule has 4 nitrogen and oxygen atoms in total. The second-order valence-corrected chi connectivity index (χ2v) is 4.62. The summed E-state index contributed by atoms with van der Waals surface area (Å²) < 4.78 is 1.94. The van der Waals surface area contributed by atoms with Crippen molar-refractivity contribution in [3.63, 3.8) is 0 Å². The van der Waals surface area contributed by atoms with Gasteiger partial charge in [-0.25, -0.2) is 0 Å². The Morgan fingerprint density at radius 1 is 1.28 bits per heavy atom.